The molecule has 0 N–H and O–H groups in total. The van der Waals surface area contributed by atoms with E-state index in [0.717, 1.165) is 4.90 Å². The van der Waals surface area contributed by atoms with Gasteiger partial charge >= 0.3 is 11.9 Å². The van der Waals surface area contributed by atoms with Crippen molar-refractivity contribution in [3.05, 3.63) is 45.6 Å². The van der Waals surface area contributed by atoms with Crippen LogP contribution >= 0.6 is 23.4 Å². The number of amidine groups is 1. The molecule has 3 amide bonds. The molecule has 0 bridgehead atoms. The lowest BCUT2D eigenvalue weighted by Crippen LogP contribution is -2.52. The predicted molar refractivity (Wildman–Crippen MR) is 92.1 cm³/mol. The third-order valence-corrected chi connectivity index (χ3v) is 5.42. The zero-order chi connectivity index (χ0) is 17.4. The normalized spacial score (nSPS) is 20.4. The van der Waals surface area contributed by atoms with Gasteiger partial charge in [-0.25, -0.2) is 9.18 Å². The van der Waals surface area contributed by atoms with E-state index in [4.69, 9.17) is 11.6 Å². The van der Waals surface area contributed by atoms with Gasteiger partial charge < -0.3 is 0 Å². The number of urea groups is 1. The maximum absolute atomic E-state index is 13.9. The molecule has 1 aromatic carbocycles. The van der Waals surface area contributed by atoms with Crippen LogP contribution in [0.4, 0.5) is 9.18 Å². The lowest BCUT2D eigenvalue weighted by Gasteiger charge is -2.26. The maximum atomic E-state index is 13.9. The van der Waals surface area contributed by atoms with Crippen LogP contribution in [0.25, 0.3) is 0 Å². The zero-order valence-corrected chi connectivity index (χ0v) is 14.6. The summed E-state index contributed by atoms with van der Waals surface area (Å²) < 4.78 is 15.3. The molecule has 0 saturated carbocycles. The van der Waals surface area contributed by atoms with Gasteiger partial charge in [-0.3, -0.25) is 4.79 Å². The number of aliphatic imine (C=N–C) groups is 1. The summed E-state index contributed by atoms with van der Waals surface area (Å²) in [6.07, 6.45) is 3.25. The molecule has 2 aliphatic heterocycles. The Morgan fingerprint density at radius 2 is 2.17 bits per heavy atom. The Balaban J connectivity index is 1.90. The maximum Gasteiger partial charge on any atom is 0.445 e. The number of carbonyl (C=O) groups excluding carboxylic acids is 2. The van der Waals surface area contributed by atoms with Gasteiger partial charge in [0.1, 0.15) is 12.0 Å². The molecular formula is C16H14ClFN3O2S+. The van der Waals surface area contributed by atoms with Crippen LogP contribution in [-0.4, -0.2) is 47.6 Å². The molecule has 24 heavy (non-hydrogen) atoms. The molecule has 2 aliphatic rings. The summed E-state index contributed by atoms with van der Waals surface area (Å²) in [5.41, 5.74) is 0.384. The van der Waals surface area contributed by atoms with Crippen LogP contribution in [0.1, 0.15) is 5.56 Å². The Bertz CT molecular complexity index is 814. The van der Waals surface area contributed by atoms with Crippen molar-refractivity contribution in [1.82, 2.24) is 4.90 Å². The largest absolute Gasteiger partial charge is 0.445 e. The second-order valence-corrected chi connectivity index (χ2v) is 6.82. The van der Waals surface area contributed by atoms with Crippen LogP contribution in [0.5, 0.6) is 0 Å². The van der Waals surface area contributed by atoms with E-state index in [2.05, 4.69) is 4.99 Å². The number of benzene rings is 1. The van der Waals surface area contributed by atoms with Crippen LogP contribution in [0.3, 0.4) is 0 Å². The number of fused-ring (bicyclic) bond motifs is 1. The summed E-state index contributed by atoms with van der Waals surface area (Å²) in [5, 5.41) is 0.344. The number of halogens is 2. The number of thioether (sulfide) groups is 1. The van der Waals surface area contributed by atoms with Gasteiger partial charge in [-0.2, -0.15) is 9.48 Å². The first-order valence-electron chi connectivity index (χ1n) is 7.14. The summed E-state index contributed by atoms with van der Waals surface area (Å²) in [6, 6.07) is 4.10. The highest BCUT2D eigenvalue weighted by atomic mass is 35.5. The summed E-state index contributed by atoms with van der Waals surface area (Å²) in [6.45, 7) is 0. The predicted octanol–water partition coefficient (Wildman–Crippen LogP) is 2.93. The van der Waals surface area contributed by atoms with E-state index in [1.807, 2.05) is 0 Å². The van der Waals surface area contributed by atoms with Crippen LogP contribution in [-0.2, 0) is 10.5 Å². The van der Waals surface area contributed by atoms with Crippen molar-refractivity contribution in [2.24, 2.45) is 10.9 Å². The quantitative estimate of drug-likeness (QED) is 0.773. The lowest BCUT2D eigenvalue weighted by molar-refractivity contribution is -0.407. The van der Waals surface area contributed by atoms with E-state index in [-0.39, 0.29) is 17.5 Å². The van der Waals surface area contributed by atoms with Crippen molar-refractivity contribution < 1.29 is 18.6 Å². The highest BCUT2D eigenvalue weighted by Crippen LogP contribution is 2.35. The van der Waals surface area contributed by atoms with Crippen LogP contribution < -0.4 is 0 Å². The standard InChI is InChI=1S/C16H14ClFN3O2S/c1-20-14-13(15(22)21(2)16(20)23)12(6-7-19-14)24-8-9-10(17)4-3-5-11(9)18/h3-7,13H,8H2,1-2H3/q+1. The van der Waals surface area contributed by atoms with E-state index in [0.29, 0.717) is 21.3 Å². The van der Waals surface area contributed by atoms with Crippen molar-refractivity contribution in [3.8, 4) is 0 Å². The summed E-state index contributed by atoms with van der Waals surface area (Å²) in [4.78, 5) is 30.4. The van der Waals surface area contributed by atoms with Gasteiger partial charge in [0.25, 0.3) is 5.84 Å². The fourth-order valence-corrected chi connectivity index (χ4v) is 4.01. The first kappa shape index (κ1) is 16.9. The molecule has 124 valence electrons. The molecule has 1 unspecified atom stereocenters. The minimum Gasteiger partial charge on any atom is -0.255 e. The Hall–Kier alpha value is -1.99. The molecule has 1 atom stereocenters. The molecule has 5 nitrogen and oxygen atoms in total. The average molecular weight is 367 g/mol. The van der Waals surface area contributed by atoms with Crippen LogP contribution in [0.15, 0.2) is 34.2 Å². The van der Waals surface area contributed by atoms with E-state index in [1.165, 1.54) is 29.5 Å². The second kappa shape index (κ2) is 6.49. The molecule has 0 aromatic heterocycles. The first-order chi connectivity index (χ1) is 11.4. The molecule has 0 aliphatic carbocycles. The highest BCUT2D eigenvalue weighted by molar-refractivity contribution is 8.02. The Kier molecular flexibility index (Phi) is 4.56. The number of carbonyl (C=O) groups is 2. The minimum atomic E-state index is -0.654. The van der Waals surface area contributed by atoms with Gasteiger partial charge in [-0.15, -0.1) is 16.8 Å². The molecular weight excluding hydrogens is 353 g/mol. The molecule has 8 heteroatoms. The fraction of sp³-hybridized carbons (Fsp3) is 0.250. The topological polar surface area (TPSA) is 52.8 Å². The number of rotatable bonds is 3. The van der Waals surface area contributed by atoms with Crippen molar-refractivity contribution >= 4 is 47.4 Å². The van der Waals surface area contributed by atoms with Gasteiger partial charge in [-0.1, -0.05) is 17.7 Å². The Morgan fingerprint density at radius 1 is 1.42 bits per heavy atom. The smallest absolute Gasteiger partial charge is 0.255 e. The number of amides is 3. The van der Waals surface area contributed by atoms with Crippen molar-refractivity contribution in [2.75, 3.05) is 14.1 Å². The van der Waals surface area contributed by atoms with Crippen molar-refractivity contribution in [2.45, 2.75) is 5.75 Å². The third kappa shape index (κ3) is 2.78. The molecule has 2 heterocycles. The number of nitrogens with zero attached hydrogens (tertiary/aromatic N) is 3. The second-order valence-electron chi connectivity index (χ2n) is 5.37. The van der Waals surface area contributed by atoms with E-state index < -0.39 is 11.9 Å². The first-order valence-corrected chi connectivity index (χ1v) is 8.50. The molecule has 0 radical (unpaired) electrons. The van der Waals surface area contributed by atoms with Crippen molar-refractivity contribution in [1.29, 1.82) is 0 Å². The lowest BCUT2D eigenvalue weighted by atomic mass is 10.0. The number of imide groups is 1. The highest BCUT2D eigenvalue weighted by Gasteiger charge is 2.46. The fourth-order valence-electron chi connectivity index (χ4n) is 2.57. The van der Waals surface area contributed by atoms with E-state index in [9.17, 15) is 14.0 Å². The van der Waals surface area contributed by atoms with Crippen molar-refractivity contribution in [3.63, 3.8) is 0 Å². The third-order valence-electron chi connectivity index (χ3n) is 3.93. The SMILES string of the molecule is CN1C(=O)C2C(SCc3c(F)cccc3Cl)=CC=NC2=[N+](C)C1=O. The number of dihydropyridines is 1. The summed E-state index contributed by atoms with van der Waals surface area (Å²) in [7, 11) is 3.01. The average Bonchev–Trinajstić information content (AvgIpc) is 2.57. The zero-order valence-electron chi connectivity index (χ0n) is 13.0. The Labute approximate surface area is 147 Å². The van der Waals surface area contributed by atoms with Crippen LogP contribution in [0, 0.1) is 11.7 Å². The molecule has 0 fully saturated rings. The van der Waals surface area contributed by atoms with Crippen LogP contribution in [0.2, 0.25) is 5.02 Å². The van der Waals surface area contributed by atoms with E-state index >= 15 is 0 Å². The van der Waals surface area contributed by atoms with E-state index in [1.54, 1.807) is 31.5 Å². The molecule has 3 rings (SSSR count). The monoisotopic (exact) mass is 366 g/mol. The number of hydrogen-bond acceptors (Lipinski definition) is 4. The van der Waals surface area contributed by atoms with Gasteiger partial charge in [0, 0.05) is 21.2 Å². The molecule has 0 saturated heterocycles. The van der Waals surface area contributed by atoms with Gasteiger partial charge in [-0.05, 0) is 18.2 Å². The Morgan fingerprint density at radius 3 is 2.88 bits per heavy atom. The number of hydrogen-bond donors (Lipinski definition) is 0. The van der Waals surface area contributed by atoms with Gasteiger partial charge in [0.2, 0.25) is 0 Å². The minimum absolute atomic E-state index is 0.281. The summed E-state index contributed by atoms with van der Waals surface area (Å²) in [5.74, 6) is -0.721. The van der Waals surface area contributed by atoms with Gasteiger partial charge in [0.15, 0.2) is 5.92 Å². The molecule has 1 aromatic rings. The van der Waals surface area contributed by atoms with Gasteiger partial charge in [0.05, 0.1) is 14.1 Å². The molecule has 0 spiro atoms. The number of allylic oxidation sites excluding steroid dienone is 1. The summed E-state index contributed by atoms with van der Waals surface area (Å²) >= 11 is 7.36.